The summed E-state index contributed by atoms with van der Waals surface area (Å²) in [6, 6.07) is 15.2. The van der Waals surface area contributed by atoms with Gasteiger partial charge in [-0.25, -0.2) is 0 Å². The van der Waals surface area contributed by atoms with E-state index in [0.717, 1.165) is 24.0 Å². The van der Waals surface area contributed by atoms with Crippen LogP contribution in [0.5, 0.6) is 5.75 Å². The highest BCUT2D eigenvalue weighted by atomic mass is 16.5. The topological polar surface area (TPSA) is 114 Å². The molecule has 3 N–H and O–H groups in total. The average Bonchev–Trinajstić information content (AvgIpc) is 3.49. The molecule has 2 aromatic carbocycles. The third-order valence-electron chi connectivity index (χ3n) is 7.09. The SMILES string of the molecule is COc1ccc(CC(NC(=O)[C@H]2CNC(=O)C2)C(=O)N[C@H](Cc2ccccc2)C(=O)C2(C)CC2)cc1. The van der Waals surface area contributed by atoms with E-state index in [9.17, 15) is 19.2 Å². The zero-order chi connectivity index (χ0) is 25.7. The summed E-state index contributed by atoms with van der Waals surface area (Å²) in [5.41, 5.74) is 1.36. The Hall–Kier alpha value is -3.68. The standard InChI is InChI=1S/C28H33N3O5/c1-28(12-13-28)25(33)22(14-18-6-4-3-5-7-18)30-27(35)23(15-19-8-10-21(36-2)11-9-19)31-26(34)20-16-24(32)29-17-20/h3-11,20,22-23H,12-17H2,1-2H3,(H,29,32)(H,30,35)(H,31,34)/t20-,22-,23?/m1/s1. The maximum absolute atomic E-state index is 13.6. The zero-order valence-electron chi connectivity index (χ0n) is 20.7. The molecule has 2 fully saturated rings. The van der Waals surface area contributed by atoms with E-state index in [0.29, 0.717) is 12.2 Å². The Labute approximate surface area is 211 Å². The van der Waals surface area contributed by atoms with Gasteiger partial charge in [0.15, 0.2) is 5.78 Å². The van der Waals surface area contributed by atoms with Crippen molar-refractivity contribution in [1.82, 2.24) is 16.0 Å². The van der Waals surface area contributed by atoms with Crippen LogP contribution in [0.15, 0.2) is 54.6 Å². The molecule has 8 heteroatoms. The number of carbonyl (C=O) groups excluding carboxylic acids is 4. The monoisotopic (exact) mass is 491 g/mol. The molecular weight excluding hydrogens is 458 g/mol. The lowest BCUT2D eigenvalue weighted by atomic mass is 9.92. The summed E-state index contributed by atoms with van der Waals surface area (Å²) in [5.74, 6) is -0.796. The van der Waals surface area contributed by atoms with Crippen LogP contribution in [-0.2, 0) is 32.0 Å². The molecule has 2 aliphatic rings. The van der Waals surface area contributed by atoms with E-state index in [1.54, 1.807) is 19.2 Å². The number of methoxy groups -OCH3 is 1. The molecule has 0 bridgehead atoms. The van der Waals surface area contributed by atoms with Crippen LogP contribution in [0.2, 0.25) is 0 Å². The Morgan fingerprint density at radius 3 is 2.19 bits per heavy atom. The average molecular weight is 492 g/mol. The number of rotatable bonds is 11. The summed E-state index contributed by atoms with van der Waals surface area (Å²) in [4.78, 5) is 51.4. The van der Waals surface area contributed by atoms with Gasteiger partial charge >= 0.3 is 0 Å². The van der Waals surface area contributed by atoms with Crippen molar-refractivity contribution in [2.24, 2.45) is 11.3 Å². The molecule has 2 aromatic rings. The predicted octanol–water partition coefficient (Wildman–Crippen LogP) is 1.96. The molecular formula is C28H33N3O5. The maximum Gasteiger partial charge on any atom is 0.243 e. The van der Waals surface area contributed by atoms with Gasteiger partial charge in [0.2, 0.25) is 17.7 Å². The van der Waals surface area contributed by atoms with Gasteiger partial charge < -0.3 is 20.7 Å². The summed E-state index contributed by atoms with van der Waals surface area (Å²) in [6.45, 7) is 2.18. The molecule has 1 unspecified atom stereocenters. The van der Waals surface area contributed by atoms with Gasteiger partial charge in [-0.2, -0.15) is 0 Å². The largest absolute Gasteiger partial charge is 0.497 e. The van der Waals surface area contributed by atoms with E-state index < -0.39 is 29.3 Å². The highest BCUT2D eigenvalue weighted by Gasteiger charge is 2.48. The number of benzene rings is 2. The first kappa shape index (κ1) is 25.4. The van der Waals surface area contributed by atoms with Gasteiger partial charge in [0.1, 0.15) is 11.8 Å². The second-order valence-electron chi connectivity index (χ2n) is 9.99. The van der Waals surface area contributed by atoms with E-state index in [1.807, 2.05) is 49.4 Å². The van der Waals surface area contributed by atoms with Gasteiger partial charge in [0.05, 0.1) is 19.1 Å². The Balaban J connectivity index is 1.53. The molecule has 1 aliphatic carbocycles. The quantitative estimate of drug-likeness (QED) is 0.445. The zero-order valence-corrected chi connectivity index (χ0v) is 20.7. The highest BCUT2D eigenvalue weighted by Crippen LogP contribution is 2.46. The van der Waals surface area contributed by atoms with E-state index >= 15 is 0 Å². The molecule has 1 saturated carbocycles. The number of nitrogens with one attached hydrogen (secondary N) is 3. The van der Waals surface area contributed by atoms with Crippen LogP contribution >= 0.6 is 0 Å². The van der Waals surface area contributed by atoms with Crippen molar-refractivity contribution in [2.75, 3.05) is 13.7 Å². The van der Waals surface area contributed by atoms with Gasteiger partial charge in [-0.15, -0.1) is 0 Å². The molecule has 0 spiro atoms. The lowest BCUT2D eigenvalue weighted by Gasteiger charge is -2.25. The minimum absolute atomic E-state index is 0.0137. The predicted molar refractivity (Wildman–Crippen MR) is 134 cm³/mol. The van der Waals surface area contributed by atoms with Gasteiger partial charge in [-0.3, -0.25) is 19.2 Å². The van der Waals surface area contributed by atoms with E-state index in [1.165, 1.54) is 0 Å². The number of ether oxygens (including phenoxy) is 1. The molecule has 4 rings (SSSR count). The van der Waals surface area contributed by atoms with Gasteiger partial charge in [0, 0.05) is 24.8 Å². The Bertz CT molecular complexity index is 1110. The smallest absolute Gasteiger partial charge is 0.243 e. The summed E-state index contributed by atoms with van der Waals surface area (Å²) in [5, 5.41) is 8.44. The van der Waals surface area contributed by atoms with Crippen LogP contribution in [0.3, 0.4) is 0 Å². The second kappa shape index (κ2) is 10.9. The van der Waals surface area contributed by atoms with Crippen molar-refractivity contribution < 1.29 is 23.9 Å². The fourth-order valence-corrected chi connectivity index (χ4v) is 4.47. The van der Waals surface area contributed by atoms with Gasteiger partial charge in [-0.05, 0) is 42.5 Å². The summed E-state index contributed by atoms with van der Waals surface area (Å²) >= 11 is 0. The lowest BCUT2D eigenvalue weighted by molar-refractivity contribution is -0.134. The van der Waals surface area contributed by atoms with Crippen molar-refractivity contribution in [1.29, 1.82) is 0 Å². The van der Waals surface area contributed by atoms with Gasteiger partial charge in [0.25, 0.3) is 0 Å². The Kier molecular flexibility index (Phi) is 7.72. The minimum Gasteiger partial charge on any atom is -0.497 e. The fourth-order valence-electron chi connectivity index (χ4n) is 4.47. The van der Waals surface area contributed by atoms with Crippen LogP contribution in [0.4, 0.5) is 0 Å². The highest BCUT2D eigenvalue weighted by molar-refractivity contribution is 5.97. The van der Waals surface area contributed by atoms with Crippen molar-refractivity contribution in [3.8, 4) is 5.75 Å². The molecule has 1 heterocycles. The molecule has 1 aliphatic heterocycles. The first-order chi connectivity index (χ1) is 17.3. The molecule has 190 valence electrons. The number of Topliss-reactive ketones (excluding diaryl/α,β-unsaturated/α-hetero) is 1. The molecule has 0 radical (unpaired) electrons. The molecule has 3 atom stereocenters. The third-order valence-corrected chi connectivity index (χ3v) is 7.09. The van der Waals surface area contributed by atoms with Crippen molar-refractivity contribution in [3.63, 3.8) is 0 Å². The lowest BCUT2D eigenvalue weighted by Crippen LogP contribution is -2.54. The number of amides is 3. The summed E-state index contributed by atoms with van der Waals surface area (Å²) in [7, 11) is 1.58. The van der Waals surface area contributed by atoms with E-state index in [-0.39, 0.29) is 37.0 Å². The Morgan fingerprint density at radius 2 is 1.61 bits per heavy atom. The molecule has 8 nitrogen and oxygen atoms in total. The van der Waals surface area contributed by atoms with E-state index in [4.69, 9.17) is 4.74 Å². The van der Waals surface area contributed by atoms with Gasteiger partial charge in [-0.1, -0.05) is 49.4 Å². The van der Waals surface area contributed by atoms with Crippen LogP contribution in [-0.4, -0.2) is 49.2 Å². The third kappa shape index (κ3) is 6.30. The maximum atomic E-state index is 13.6. The van der Waals surface area contributed by atoms with Crippen LogP contribution < -0.4 is 20.7 Å². The first-order valence-corrected chi connectivity index (χ1v) is 12.4. The van der Waals surface area contributed by atoms with Crippen molar-refractivity contribution in [3.05, 3.63) is 65.7 Å². The van der Waals surface area contributed by atoms with Crippen molar-refractivity contribution in [2.45, 2.75) is 51.1 Å². The molecule has 3 amide bonds. The number of ketones is 1. The van der Waals surface area contributed by atoms with Crippen molar-refractivity contribution >= 4 is 23.5 Å². The van der Waals surface area contributed by atoms with Crippen LogP contribution in [0, 0.1) is 11.3 Å². The number of hydrogen-bond acceptors (Lipinski definition) is 5. The normalized spacial score (nSPS) is 19.5. The number of hydrogen-bond donors (Lipinski definition) is 3. The molecule has 36 heavy (non-hydrogen) atoms. The molecule has 1 saturated heterocycles. The molecule has 0 aromatic heterocycles. The summed E-state index contributed by atoms with van der Waals surface area (Å²) < 4.78 is 5.21. The second-order valence-corrected chi connectivity index (χ2v) is 9.99. The first-order valence-electron chi connectivity index (χ1n) is 12.4. The van der Waals surface area contributed by atoms with E-state index in [2.05, 4.69) is 16.0 Å². The fraction of sp³-hybridized carbons (Fsp3) is 0.429. The number of carbonyl (C=O) groups is 4. The van der Waals surface area contributed by atoms with Crippen LogP contribution in [0.25, 0.3) is 0 Å². The Morgan fingerprint density at radius 1 is 0.972 bits per heavy atom. The summed E-state index contributed by atoms with van der Waals surface area (Å²) in [6.07, 6.45) is 2.32. The minimum atomic E-state index is -0.903. The van der Waals surface area contributed by atoms with Crippen LogP contribution in [0.1, 0.15) is 37.3 Å².